The first-order valence-corrected chi connectivity index (χ1v) is 4.74. The molecule has 0 unspecified atom stereocenters. The Morgan fingerprint density at radius 2 is 1.87 bits per heavy atom. The van der Waals surface area contributed by atoms with Gasteiger partial charge in [0.05, 0.1) is 0 Å². The molecular weight excluding hydrogens is 190 g/mol. The van der Waals surface area contributed by atoms with Crippen molar-refractivity contribution in [2.75, 3.05) is 6.54 Å². The SMILES string of the molecule is C=C1CN(Cc2ccccc2)C(=O)C1=O. The lowest BCUT2D eigenvalue weighted by molar-refractivity contribution is -0.139. The number of hydrogen-bond donors (Lipinski definition) is 0. The standard InChI is InChI=1S/C12H11NO2/c1-9-7-13(12(15)11(9)14)8-10-5-3-2-4-6-10/h2-6H,1,7-8H2. The molecule has 0 spiro atoms. The van der Waals surface area contributed by atoms with Gasteiger partial charge in [-0.05, 0) is 5.56 Å². The molecule has 0 radical (unpaired) electrons. The van der Waals surface area contributed by atoms with Crippen LogP contribution in [0.1, 0.15) is 5.56 Å². The normalized spacial score (nSPS) is 16.3. The number of Topliss-reactive ketones (excluding diaryl/α,β-unsaturated/α-hetero) is 1. The van der Waals surface area contributed by atoms with Gasteiger partial charge in [-0.1, -0.05) is 36.9 Å². The van der Waals surface area contributed by atoms with E-state index < -0.39 is 11.7 Å². The van der Waals surface area contributed by atoms with Crippen molar-refractivity contribution in [3.63, 3.8) is 0 Å². The van der Waals surface area contributed by atoms with Gasteiger partial charge in [0.1, 0.15) is 0 Å². The quantitative estimate of drug-likeness (QED) is 0.531. The van der Waals surface area contributed by atoms with Crippen molar-refractivity contribution in [3.05, 3.63) is 48.0 Å². The maximum atomic E-state index is 11.4. The second kappa shape index (κ2) is 3.69. The highest BCUT2D eigenvalue weighted by Crippen LogP contribution is 2.14. The van der Waals surface area contributed by atoms with E-state index >= 15 is 0 Å². The number of carbonyl (C=O) groups excluding carboxylic acids is 2. The fraction of sp³-hybridized carbons (Fsp3) is 0.167. The largest absolute Gasteiger partial charge is 0.327 e. The molecule has 0 atom stereocenters. The molecule has 0 bridgehead atoms. The van der Waals surface area contributed by atoms with Gasteiger partial charge in [-0.3, -0.25) is 9.59 Å². The van der Waals surface area contributed by atoms with E-state index in [2.05, 4.69) is 6.58 Å². The van der Waals surface area contributed by atoms with Crippen molar-refractivity contribution in [3.8, 4) is 0 Å². The van der Waals surface area contributed by atoms with Crippen LogP contribution in [0.25, 0.3) is 0 Å². The zero-order valence-electron chi connectivity index (χ0n) is 8.27. The first kappa shape index (κ1) is 9.65. The zero-order valence-corrected chi connectivity index (χ0v) is 8.27. The van der Waals surface area contributed by atoms with Crippen LogP contribution < -0.4 is 0 Å². The van der Waals surface area contributed by atoms with E-state index in [4.69, 9.17) is 0 Å². The van der Waals surface area contributed by atoms with Crippen LogP contribution in [-0.2, 0) is 16.1 Å². The summed E-state index contributed by atoms with van der Waals surface area (Å²) in [5, 5.41) is 0. The maximum absolute atomic E-state index is 11.4. The van der Waals surface area contributed by atoms with Crippen LogP contribution in [-0.4, -0.2) is 23.1 Å². The van der Waals surface area contributed by atoms with E-state index in [-0.39, 0.29) is 0 Å². The second-order valence-corrected chi connectivity index (χ2v) is 3.58. The molecule has 1 aliphatic heterocycles. The molecule has 0 aromatic heterocycles. The van der Waals surface area contributed by atoms with E-state index in [0.717, 1.165) is 5.56 Å². The molecule has 0 aliphatic carbocycles. The molecule has 0 N–H and O–H groups in total. The van der Waals surface area contributed by atoms with Gasteiger partial charge in [0.15, 0.2) is 0 Å². The van der Waals surface area contributed by atoms with E-state index in [1.165, 1.54) is 4.90 Å². The second-order valence-electron chi connectivity index (χ2n) is 3.58. The Morgan fingerprint density at radius 3 is 2.40 bits per heavy atom. The van der Waals surface area contributed by atoms with Gasteiger partial charge >= 0.3 is 0 Å². The zero-order chi connectivity index (χ0) is 10.8. The molecular formula is C12H11NO2. The molecule has 1 aliphatic rings. The van der Waals surface area contributed by atoms with E-state index in [1.807, 2.05) is 30.3 Å². The Labute approximate surface area is 88.0 Å². The molecule has 1 saturated heterocycles. The summed E-state index contributed by atoms with van der Waals surface area (Å²) in [5.41, 5.74) is 1.41. The molecule has 1 fully saturated rings. The van der Waals surface area contributed by atoms with Gasteiger partial charge in [-0.15, -0.1) is 0 Å². The lowest BCUT2D eigenvalue weighted by Gasteiger charge is -2.13. The Bertz CT molecular complexity index is 423. The summed E-state index contributed by atoms with van der Waals surface area (Å²) >= 11 is 0. The monoisotopic (exact) mass is 201 g/mol. The van der Waals surface area contributed by atoms with Crippen LogP contribution in [0, 0.1) is 0 Å². The minimum Gasteiger partial charge on any atom is -0.327 e. The van der Waals surface area contributed by atoms with Crippen molar-refractivity contribution in [2.24, 2.45) is 0 Å². The summed E-state index contributed by atoms with van der Waals surface area (Å²) < 4.78 is 0. The van der Waals surface area contributed by atoms with Crippen molar-refractivity contribution >= 4 is 11.7 Å². The number of benzene rings is 1. The van der Waals surface area contributed by atoms with Gasteiger partial charge in [0.25, 0.3) is 5.91 Å². The average Bonchev–Trinajstić information content (AvgIpc) is 2.48. The fourth-order valence-corrected chi connectivity index (χ4v) is 1.60. The van der Waals surface area contributed by atoms with Crippen LogP contribution in [0.2, 0.25) is 0 Å². The summed E-state index contributed by atoms with van der Waals surface area (Å²) in [6.45, 7) is 4.40. The van der Waals surface area contributed by atoms with Gasteiger partial charge in [-0.2, -0.15) is 0 Å². The summed E-state index contributed by atoms with van der Waals surface area (Å²) in [4.78, 5) is 24.2. The van der Waals surface area contributed by atoms with Crippen LogP contribution in [0.15, 0.2) is 42.5 Å². The topological polar surface area (TPSA) is 37.4 Å². The third-order valence-corrected chi connectivity index (χ3v) is 2.40. The number of likely N-dealkylation sites (tertiary alicyclic amines) is 1. The Morgan fingerprint density at radius 1 is 1.20 bits per heavy atom. The van der Waals surface area contributed by atoms with Crippen molar-refractivity contribution < 1.29 is 9.59 Å². The Balaban J connectivity index is 2.12. The maximum Gasteiger partial charge on any atom is 0.295 e. The Kier molecular flexibility index (Phi) is 2.37. The van der Waals surface area contributed by atoms with Gasteiger partial charge < -0.3 is 4.90 Å². The summed E-state index contributed by atoms with van der Waals surface area (Å²) in [5.74, 6) is -0.894. The summed E-state index contributed by atoms with van der Waals surface area (Å²) in [7, 11) is 0. The highest BCUT2D eigenvalue weighted by atomic mass is 16.2. The van der Waals surface area contributed by atoms with E-state index in [9.17, 15) is 9.59 Å². The van der Waals surface area contributed by atoms with Crippen molar-refractivity contribution in [2.45, 2.75) is 6.54 Å². The lowest BCUT2D eigenvalue weighted by atomic mass is 10.2. The highest BCUT2D eigenvalue weighted by molar-refractivity contribution is 6.44. The number of hydrogen-bond acceptors (Lipinski definition) is 2. The molecule has 15 heavy (non-hydrogen) atoms. The number of nitrogens with zero attached hydrogens (tertiary/aromatic N) is 1. The van der Waals surface area contributed by atoms with Crippen LogP contribution in [0.5, 0.6) is 0 Å². The minimum atomic E-state index is -0.453. The van der Waals surface area contributed by atoms with Crippen LogP contribution >= 0.6 is 0 Å². The van der Waals surface area contributed by atoms with E-state index in [1.54, 1.807) is 0 Å². The number of rotatable bonds is 2. The first-order chi connectivity index (χ1) is 7.18. The van der Waals surface area contributed by atoms with Gasteiger partial charge in [0, 0.05) is 18.7 Å². The number of ketones is 1. The van der Waals surface area contributed by atoms with Gasteiger partial charge in [-0.25, -0.2) is 0 Å². The average molecular weight is 201 g/mol. The third kappa shape index (κ3) is 1.81. The van der Waals surface area contributed by atoms with Crippen molar-refractivity contribution in [1.29, 1.82) is 0 Å². The van der Waals surface area contributed by atoms with Crippen molar-refractivity contribution in [1.82, 2.24) is 4.90 Å². The molecule has 1 amide bonds. The Hall–Kier alpha value is -1.90. The molecule has 76 valence electrons. The third-order valence-electron chi connectivity index (χ3n) is 2.40. The molecule has 3 heteroatoms. The molecule has 1 aromatic carbocycles. The van der Waals surface area contributed by atoms with E-state index in [0.29, 0.717) is 18.7 Å². The van der Waals surface area contributed by atoms with Crippen LogP contribution in [0.3, 0.4) is 0 Å². The molecule has 0 saturated carbocycles. The number of amides is 1. The first-order valence-electron chi connectivity index (χ1n) is 4.74. The predicted molar refractivity (Wildman–Crippen MR) is 56.0 cm³/mol. The summed E-state index contributed by atoms with van der Waals surface area (Å²) in [6.07, 6.45) is 0. The number of carbonyl (C=O) groups is 2. The molecule has 3 nitrogen and oxygen atoms in total. The van der Waals surface area contributed by atoms with Crippen LogP contribution in [0.4, 0.5) is 0 Å². The predicted octanol–water partition coefficient (Wildman–Crippen LogP) is 1.15. The smallest absolute Gasteiger partial charge is 0.295 e. The summed E-state index contributed by atoms with van der Waals surface area (Å²) in [6, 6.07) is 9.59. The minimum absolute atomic E-state index is 0.354. The van der Waals surface area contributed by atoms with Gasteiger partial charge in [0.2, 0.25) is 5.78 Å². The molecule has 1 aromatic rings. The highest BCUT2D eigenvalue weighted by Gasteiger charge is 2.32. The fourth-order valence-electron chi connectivity index (χ4n) is 1.60. The molecule has 2 rings (SSSR count). The lowest BCUT2D eigenvalue weighted by Crippen LogP contribution is -2.26. The molecule has 1 heterocycles.